The first-order chi connectivity index (χ1) is 19.4. The molecular weight excluding hydrogens is 511 g/mol. The molecule has 204 valence electrons. The van der Waals surface area contributed by atoms with Crippen molar-refractivity contribution in [1.82, 2.24) is 34.7 Å². The Morgan fingerprint density at radius 2 is 1.85 bits per heavy atom. The fourth-order valence-electron chi connectivity index (χ4n) is 5.04. The molecule has 3 aromatic heterocycles. The summed E-state index contributed by atoms with van der Waals surface area (Å²) in [6.45, 7) is 4.62. The van der Waals surface area contributed by atoms with Crippen molar-refractivity contribution < 1.29 is 14.0 Å². The Hall–Kier alpha value is -4.77. The number of amides is 3. The minimum atomic E-state index is -0.363. The zero-order valence-corrected chi connectivity index (χ0v) is 22.2. The van der Waals surface area contributed by atoms with Crippen molar-refractivity contribution in [2.75, 3.05) is 31.5 Å². The fraction of sp³-hybridized carbons (Fsp3) is 0.241. The van der Waals surface area contributed by atoms with Crippen molar-refractivity contribution in [3.8, 4) is 11.1 Å². The van der Waals surface area contributed by atoms with Crippen LogP contribution in [-0.4, -0.2) is 62.2 Å². The highest BCUT2D eigenvalue weighted by Crippen LogP contribution is 2.29. The molecule has 0 saturated carbocycles. The number of piperazine rings is 1. The van der Waals surface area contributed by atoms with Gasteiger partial charge in [0.25, 0.3) is 11.9 Å². The summed E-state index contributed by atoms with van der Waals surface area (Å²) in [6, 6.07) is 15.4. The Bertz CT molecular complexity index is 1740. The number of aryl methyl sites for hydroxylation is 1. The van der Waals surface area contributed by atoms with E-state index in [2.05, 4.69) is 26.0 Å². The van der Waals surface area contributed by atoms with Crippen molar-refractivity contribution in [3.63, 3.8) is 0 Å². The topological polar surface area (TPSA) is 109 Å². The third kappa shape index (κ3) is 4.98. The molecule has 6 rings (SSSR count). The lowest BCUT2D eigenvalue weighted by Crippen LogP contribution is -2.48. The van der Waals surface area contributed by atoms with Crippen LogP contribution in [0.1, 0.15) is 28.9 Å². The number of carbonyl (C=O) groups is 2. The van der Waals surface area contributed by atoms with Gasteiger partial charge in [0, 0.05) is 56.5 Å². The molecule has 1 aliphatic rings. The molecule has 4 heterocycles. The van der Waals surface area contributed by atoms with Crippen LogP contribution in [0.3, 0.4) is 0 Å². The van der Waals surface area contributed by atoms with E-state index < -0.39 is 0 Å². The van der Waals surface area contributed by atoms with Gasteiger partial charge >= 0.3 is 6.03 Å². The van der Waals surface area contributed by atoms with E-state index in [0.29, 0.717) is 29.9 Å². The number of benzene rings is 2. The van der Waals surface area contributed by atoms with Crippen molar-refractivity contribution in [2.24, 2.45) is 7.05 Å². The van der Waals surface area contributed by atoms with Crippen LogP contribution >= 0.6 is 0 Å². The molecule has 3 amide bonds. The van der Waals surface area contributed by atoms with E-state index in [-0.39, 0.29) is 29.7 Å². The summed E-state index contributed by atoms with van der Waals surface area (Å²) in [5.41, 5.74) is 4.52. The Morgan fingerprint density at radius 3 is 2.65 bits per heavy atom. The normalized spacial score (nSPS) is 14.4. The van der Waals surface area contributed by atoms with E-state index in [1.165, 1.54) is 12.1 Å². The molecule has 1 saturated heterocycles. The van der Waals surface area contributed by atoms with E-state index in [0.717, 1.165) is 35.1 Å². The van der Waals surface area contributed by atoms with Gasteiger partial charge in [-0.1, -0.05) is 18.2 Å². The number of pyridine rings is 1. The predicted octanol–water partition coefficient (Wildman–Crippen LogP) is 3.96. The molecule has 3 N–H and O–H groups in total. The highest BCUT2D eigenvalue weighted by Gasteiger charge is 2.19. The Labute approximate surface area is 229 Å². The van der Waals surface area contributed by atoms with Crippen LogP contribution in [0, 0.1) is 5.82 Å². The summed E-state index contributed by atoms with van der Waals surface area (Å²) in [6.07, 6.45) is 3.60. The van der Waals surface area contributed by atoms with Gasteiger partial charge in [0.15, 0.2) is 5.65 Å². The average Bonchev–Trinajstić information content (AvgIpc) is 3.52. The van der Waals surface area contributed by atoms with Gasteiger partial charge in [-0.15, -0.1) is 5.10 Å². The molecule has 1 fully saturated rings. The van der Waals surface area contributed by atoms with E-state index in [1.54, 1.807) is 33.9 Å². The molecule has 1 aliphatic heterocycles. The van der Waals surface area contributed by atoms with Gasteiger partial charge in [-0.25, -0.2) is 13.7 Å². The smallest absolute Gasteiger partial charge is 0.324 e. The summed E-state index contributed by atoms with van der Waals surface area (Å²) >= 11 is 0. The highest BCUT2D eigenvalue weighted by molar-refractivity contribution is 6.08. The first-order valence-corrected chi connectivity index (χ1v) is 13.1. The molecule has 0 bridgehead atoms. The summed E-state index contributed by atoms with van der Waals surface area (Å²) in [5.74, 6) is -0.338. The standard InChI is InChI=1S/C29H29FN8O2/c1-18(19-4-3-5-22(30)14-19)32-27(39)24-17-36(2)25-7-6-20(15-23(24)25)21-8-11-38-26(16-21)33-28(35-38)34-29(40)37-12-9-31-10-13-37/h3-8,11,14-18,31H,9-10,12-13H2,1-2H3,(H,32,39)(H,34,35,40)/t18-/m0/s1. The predicted molar refractivity (Wildman–Crippen MR) is 151 cm³/mol. The summed E-state index contributed by atoms with van der Waals surface area (Å²) in [7, 11) is 1.90. The van der Waals surface area contributed by atoms with Crippen LogP contribution in [0.4, 0.5) is 15.1 Å². The van der Waals surface area contributed by atoms with E-state index >= 15 is 0 Å². The molecule has 10 nitrogen and oxygen atoms in total. The number of fused-ring (bicyclic) bond motifs is 2. The second kappa shape index (κ2) is 10.4. The Balaban J connectivity index is 1.25. The Morgan fingerprint density at radius 1 is 1.05 bits per heavy atom. The second-order valence-corrected chi connectivity index (χ2v) is 9.96. The number of carbonyl (C=O) groups excluding carboxylic acids is 2. The maximum atomic E-state index is 13.7. The molecule has 1 atom stereocenters. The van der Waals surface area contributed by atoms with Gasteiger partial charge in [0.2, 0.25) is 0 Å². The van der Waals surface area contributed by atoms with Gasteiger partial charge < -0.3 is 20.1 Å². The van der Waals surface area contributed by atoms with Gasteiger partial charge in [0.1, 0.15) is 5.82 Å². The maximum Gasteiger partial charge on any atom is 0.324 e. The van der Waals surface area contributed by atoms with Gasteiger partial charge in [-0.2, -0.15) is 4.98 Å². The van der Waals surface area contributed by atoms with Crippen LogP contribution in [0.5, 0.6) is 0 Å². The van der Waals surface area contributed by atoms with Crippen LogP contribution in [0.25, 0.3) is 27.7 Å². The zero-order chi connectivity index (χ0) is 27.8. The molecule has 11 heteroatoms. The van der Waals surface area contributed by atoms with Crippen molar-refractivity contribution >= 4 is 34.4 Å². The fourth-order valence-corrected chi connectivity index (χ4v) is 5.04. The van der Waals surface area contributed by atoms with Crippen molar-refractivity contribution in [2.45, 2.75) is 13.0 Å². The molecule has 5 aromatic rings. The number of hydrogen-bond acceptors (Lipinski definition) is 5. The van der Waals surface area contributed by atoms with Crippen LogP contribution in [-0.2, 0) is 7.05 Å². The largest absolute Gasteiger partial charge is 0.350 e. The number of aromatic nitrogens is 4. The van der Waals surface area contributed by atoms with Crippen LogP contribution < -0.4 is 16.0 Å². The van der Waals surface area contributed by atoms with Crippen LogP contribution in [0.15, 0.2) is 67.0 Å². The highest BCUT2D eigenvalue weighted by atomic mass is 19.1. The minimum absolute atomic E-state index is 0.218. The third-order valence-electron chi connectivity index (χ3n) is 7.22. The molecular formula is C29H29FN8O2. The first-order valence-electron chi connectivity index (χ1n) is 13.1. The molecule has 0 spiro atoms. The van der Waals surface area contributed by atoms with Gasteiger partial charge in [-0.05, 0) is 60.0 Å². The average molecular weight is 541 g/mol. The number of nitrogens with one attached hydrogen (secondary N) is 3. The summed E-state index contributed by atoms with van der Waals surface area (Å²) < 4.78 is 17.2. The number of urea groups is 1. The van der Waals surface area contributed by atoms with Crippen LogP contribution in [0.2, 0.25) is 0 Å². The zero-order valence-electron chi connectivity index (χ0n) is 22.2. The molecule has 0 aliphatic carbocycles. The van der Waals surface area contributed by atoms with Crippen molar-refractivity contribution in [3.05, 3.63) is 83.9 Å². The number of nitrogens with zero attached hydrogens (tertiary/aromatic N) is 5. The molecule has 0 radical (unpaired) electrons. The number of rotatable bonds is 5. The summed E-state index contributed by atoms with van der Waals surface area (Å²) in [5, 5.41) is 14.2. The lowest BCUT2D eigenvalue weighted by molar-refractivity contribution is 0.0941. The quantitative estimate of drug-likeness (QED) is 0.313. The second-order valence-electron chi connectivity index (χ2n) is 9.96. The molecule has 2 aromatic carbocycles. The van der Waals surface area contributed by atoms with E-state index in [9.17, 15) is 14.0 Å². The monoisotopic (exact) mass is 540 g/mol. The molecule has 40 heavy (non-hydrogen) atoms. The Kier molecular flexibility index (Phi) is 6.64. The maximum absolute atomic E-state index is 13.7. The lowest BCUT2D eigenvalue weighted by atomic mass is 10.0. The number of hydrogen-bond donors (Lipinski definition) is 3. The molecule has 0 unspecified atom stereocenters. The van der Waals surface area contributed by atoms with Crippen molar-refractivity contribution in [1.29, 1.82) is 0 Å². The van der Waals surface area contributed by atoms with E-state index in [1.807, 2.05) is 48.9 Å². The lowest BCUT2D eigenvalue weighted by Gasteiger charge is -2.26. The SMILES string of the molecule is C[C@H](NC(=O)c1cn(C)c2ccc(-c3ccn4nc(NC(=O)N5CCNCC5)nc4c3)cc12)c1cccc(F)c1. The third-order valence-corrected chi connectivity index (χ3v) is 7.22. The van der Waals surface area contributed by atoms with Gasteiger partial charge in [-0.3, -0.25) is 10.1 Å². The number of halogens is 1. The van der Waals surface area contributed by atoms with Gasteiger partial charge in [0.05, 0.1) is 11.6 Å². The summed E-state index contributed by atoms with van der Waals surface area (Å²) in [4.78, 5) is 32.1. The minimum Gasteiger partial charge on any atom is -0.350 e. The first kappa shape index (κ1) is 25.5. The number of anilines is 1. The van der Waals surface area contributed by atoms with E-state index in [4.69, 9.17) is 0 Å².